The molecule has 21 heteroatoms. The first kappa shape index (κ1) is 53.3. The summed E-state index contributed by atoms with van der Waals surface area (Å²) >= 11 is 0. The van der Waals surface area contributed by atoms with E-state index < -0.39 is 109 Å². The van der Waals surface area contributed by atoms with E-state index in [0.717, 1.165) is 16.5 Å². The monoisotopic (exact) mass is 967 g/mol. The maximum atomic E-state index is 14.5. The second-order valence-corrected chi connectivity index (χ2v) is 17.2. The third-order valence-electron chi connectivity index (χ3n) is 11.9. The van der Waals surface area contributed by atoms with Gasteiger partial charge in [0.2, 0.25) is 35.4 Å². The Labute approximate surface area is 403 Å². The Bertz CT molecular complexity index is 2470. The number of aromatic hydroxyl groups is 1. The van der Waals surface area contributed by atoms with Crippen molar-refractivity contribution in [1.29, 1.82) is 0 Å². The van der Waals surface area contributed by atoms with Gasteiger partial charge in [-0.25, -0.2) is 0 Å². The highest BCUT2D eigenvalue weighted by molar-refractivity contribution is 5.98. The summed E-state index contributed by atoms with van der Waals surface area (Å²) in [6, 6.07) is 12.9. The van der Waals surface area contributed by atoms with Gasteiger partial charge in [0.1, 0.15) is 42.2 Å². The molecule has 0 unspecified atom stereocenters. The summed E-state index contributed by atoms with van der Waals surface area (Å²) in [4.78, 5) is 124. The molecule has 0 aliphatic carbocycles. The van der Waals surface area contributed by atoms with Crippen LogP contribution in [0.15, 0.2) is 85.1 Å². The van der Waals surface area contributed by atoms with Crippen molar-refractivity contribution in [3.63, 3.8) is 0 Å². The maximum absolute atomic E-state index is 14.5. The summed E-state index contributed by atoms with van der Waals surface area (Å²) in [6.45, 7) is 0.294. The number of phenolic OH excluding ortho intramolecular Hbond substituents is 1. The van der Waals surface area contributed by atoms with Crippen LogP contribution >= 0.6 is 0 Å². The van der Waals surface area contributed by atoms with Crippen LogP contribution in [0.4, 0.5) is 0 Å². The van der Waals surface area contributed by atoms with Crippen molar-refractivity contribution in [2.24, 2.45) is 11.5 Å². The van der Waals surface area contributed by atoms with Crippen molar-refractivity contribution in [2.75, 3.05) is 13.1 Å². The molecule has 0 bridgehead atoms. The summed E-state index contributed by atoms with van der Waals surface area (Å²) in [5.41, 5.74) is 14.2. The Morgan fingerprint density at radius 1 is 0.700 bits per heavy atom. The van der Waals surface area contributed by atoms with Gasteiger partial charge in [-0.3, -0.25) is 38.4 Å². The number of aromatic amines is 1. The minimum atomic E-state index is -1.54. The Morgan fingerprint density at radius 2 is 1.31 bits per heavy atom. The number of carbonyl (C=O) groups excluding carboxylic acids is 7. The number of hydrogen-bond acceptors (Lipinski definition) is 12. The molecule has 0 saturated carbocycles. The number of hydrogen-bond donors (Lipinski definition) is 11. The summed E-state index contributed by atoms with van der Waals surface area (Å²) in [7, 11) is 0. The van der Waals surface area contributed by atoms with Crippen LogP contribution in [-0.2, 0) is 62.4 Å². The number of nitrogens with zero attached hydrogens (tertiary/aromatic N) is 1. The Morgan fingerprint density at radius 3 is 1.99 bits per heavy atom. The lowest BCUT2D eigenvalue weighted by Crippen LogP contribution is -2.60. The van der Waals surface area contributed by atoms with Crippen LogP contribution in [0.25, 0.3) is 10.9 Å². The number of nitrogens with two attached hydrogens (primary N) is 2. The number of H-pyrrole nitrogens is 1. The molecule has 4 aromatic rings. The molecule has 1 aliphatic heterocycles. The predicted molar refractivity (Wildman–Crippen MR) is 254 cm³/mol. The lowest BCUT2D eigenvalue weighted by atomic mass is 10.0. The maximum Gasteiger partial charge on any atom is 0.305 e. The van der Waals surface area contributed by atoms with Gasteiger partial charge in [-0.2, -0.15) is 0 Å². The Hall–Kier alpha value is -7.65. The molecule has 1 fully saturated rings. The summed E-state index contributed by atoms with van der Waals surface area (Å²) in [5.74, 6) is -7.60. The van der Waals surface area contributed by atoms with Crippen LogP contribution in [0.1, 0.15) is 68.1 Å². The lowest BCUT2D eigenvalue weighted by molar-refractivity contribution is -0.143. The fraction of sp³-hybridized carbons (Fsp3) is 0.408. The van der Waals surface area contributed by atoms with Crippen molar-refractivity contribution in [2.45, 2.75) is 113 Å². The van der Waals surface area contributed by atoms with E-state index >= 15 is 0 Å². The number of fused-ring (bicyclic) bond motifs is 1. The number of aliphatic carboxylic acids is 2. The number of likely N-dealkylation sites (tertiary alicyclic amines) is 1. The minimum absolute atomic E-state index is 0.0237. The number of carboxylic acid groups (broad SMARTS) is 2. The zero-order chi connectivity index (χ0) is 50.7. The largest absolute Gasteiger partial charge is 0.508 e. The van der Waals surface area contributed by atoms with Crippen LogP contribution in [0.2, 0.25) is 0 Å². The van der Waals surface area contributed by atoms with Gasteiger partial charge >= 0.3 is 11.9 Å². The Kier molecular flexibility index (Phi) is 20.0. The van der Waals surface area contributed by atoms with E-state index in [0.29, 0.717) is 36.7 Å². The third-order valence-corrected chi connectivity index (χ3v) is 11.9. The highest BCUT2D eigenvalue weighted by Gasteiger charge is 2.40. The number of aromatic nitrogens is 1. The third kappa shape index (κ3) is 15.7. The summed E-state index contributed by atoms with van der Waals surface area (Å²) in [5, 5.41) is 42.8. The molecule has 6 amide bonds. The van der Waals surface area contributed by atoms with E-state index in [-0.39, 0.29) is 50.9 Å². The van der Waals surface area contributed by atoms with Crippen LogP contribution in [-0.4, -0.2) is 134 Å². The molecule has 374 valence electrons. The first-order valence-electron chi connectivity index (χ1n) is 23.1. The first-order chi connectivity index (χ1) is 33.6. The first-order valence-corrected chi connectivity index (χ1v) is 23.1. The van der Waals surface area contributed by atoms with Crippen molar-refractivity contribution in [1.82, 2.24) is 36.5 Å². The second-order valence-electron chi connectivity index (χ2n) is 17.2. The van der Waals surface area contributed by atoms with Crippen LogP contribution < -0.4 is 38.1 Å². The highest BCUT2D eigenvalue weighted by atomic mass is 16.4. The van der Waals surface area contributed by atoms with Gasteiger partial charge in [-0.1, -0.05) is 60.7 Å². The molecule has 1 saturated heterocycles. The fourth-order valence-corrected chi connectivity index (χ4v) is 8.25. The predicted octanol–water partition coefficient (Wildman–Crippen LogP) is 0.311. The molecule has 1 aliphatic rings. The number of carbonyl (C=O) groups is 9. The van der Waals surface area contributed by atoms with Crippen molar-refractivity contribution in [3.05, 3.63) is 102 Å². The zero-order valence-electron chi connectivity index (χ0n) is 38.5. The molecule has 13 N–H and O–H groups in total. The second kappa shape index (κ2) is 26.2. The van der Waals surface area contributed by atoms with Crippen molar-refractivity contribution in [3.8, 4) is 5.75 Å². The average Bonchev–Trinajstić information content (AvgIpc) is 4.00. The topological polar surface area (TPSA) is 346 Å². The van der Waals surface area contributed by atoms with Crippen LogP contribution in [0, 0.1) is 0 Å². The number of aldehydes is 1. The normalized spacial score (nSPS) is 15.9. The number of carboxylic acids is 2. The van der Waals surface area contributed by atoms with Crippen molar-refractivity contribution < 1.29 is 58.5 Å². The quantitative estimate of drug-likeness (QED) is 0.0283. The molecule has 2 heterocycles. The van der Waals surface area contributed by atoms with Gasteiger partial charge in [0.25, 0.3) is 0 Å². The van der Waals surface area contributed by atoms with Crippen LogP contribution in [0.5, 0.6) is 5.75 Å². The molecule has 3 aromatic carbocycles. The van der Waals surface area contributed by atoms with Gasteiger partial charge in [0.05, 0.1) is 18.5 Å². The smallest absolute Gasteiger partial charge is 0.305 e. The molecule has 1 aromatic heterocycles. The number of para-hydroxylation sites is 1. The zero-order valence-corrected chi connectivity index (χ0v) is 38.5. The van der Waals surface area contributed by atoms with E-state index in [1.54, 1.807) is 36.5 Å². The number of amides is 6. The minimum Gasteiger partial charge on any atom is -0.508 e. The number of phenols is 1. The van der Waals surface area contributed by atoms with Gasteiger partial charge in [0.15, 0.2) is 0 Å². The number of rotatable bonds is 27. The molecule has 0 radical (unpaired) electrons. The van der Waals surface area contributed by atoms with Gasteiger partial charge < -0.3 is 68.0 Å². The molecule has 70 heavy (non-hydrogen) atoms. The SMILES string of the molecule is NCCCC[C@H](NC(=O)[C@@H](N)CC(=O)O)C(=O)N[C@@H](Cc1ccc(O)cc1)C(=O)N[C@@H](CCC(=O)O)C(=O)N1CCC[C@H]1C(=O)N[C@@H](Cc1ccccc1)C(=O)N[C@H](C=O)Cc1c[nH]c2ccccc12. The number of benzene rings is 3. The van der Waals surface area contributed by atoms with Gasteiger partial charge in [0, 0.05) is 49.3 Å². The molecule has 0 spiro atoms. The van der Waals surface area contributed by atoms with E-state index in [9.17, 15) is 53.4 Å². The molecule has 5 rings (SSSR count). The lowest BCUT2D eigenvalue weighted by Gasteiger charge is -2.31. The molecule has 7 atom stereocenters. The molecular formula is C49H61N9O12. The average molecular weight is 968 g/mol. The van der Waals surface area contributed by atoms with E-state index in [1.807, 2.05) is 24.3 Å². The number of nitrogens with one attached hydrogen (secondary N) is 6. The van der Waals surface area contributed by atoms with E-state index in [4.69, 9.17) is 16.6 Å². The van der Waals surface area contributed by atoms with E-state index in [1.165, 1.54) is 29.2 Å². The summed E-state index contributed by atoms with van der Waals surface area (Å²) < 4.78 is 0. The standard InChI is InChI=1S/C49H61N9O12/c50-21-7-6-13-37(54-44(65)35(51)26-43(63)64)45(66)56-40(24-30-15-17-33(60)18-16-30)47(68)55-38(19-20-42(61)62)49(70)58-22-8-14-41(58)48(69)57-39(23-29-9-2-1-3-10-29)46(67)53-32(28-59)25-31-27-52-36-12-5-4-11-34(31)36/h1-5,9-12,15-18,27-28,32,35,37-41,52,60H,6-8,13-14,19-26,50-51H2,(H,53,67)(H,54,65)(H,55,68)(H,56,66)(H,57,69)(H,61,62)(H,63,64)/t32-,35-,37-,38-,39-,40-,41-/m0/s1. The molecular weight excluding hydrogens is 907 g/mol. The fourth-order valence-electron chi connectivity index (χ4n) is 8.25. The summed E-state index contributed by atoms with van der Waals surface area (Å²) in [6.07, 6.45) is 1.92. The van der Waals surface area contributed by atoms with Gasteiger partial charge in [-0.15, -0.1) is 0 Å². The highest BCUT2D eigenvalue weighted by Crippen LogP contribution is 2.22. The Balaban J connectivity index is 1.36. The van der Waals surface area contributed by atoms with Gasteiger partial charge in [-0.05, 0) is 80.0 Å². The van der Waals surface area contributed by atoms with Crippen molar-refractivity contribution >= 4 is 64.6 Å². The van der Waals surface area contributed by atoms with E-state index in [2.05, 4.69) is 31.6 Å². The number of unbranched alkanes of at least 4 members (excludes halogenated alkanes) is 1. The molecule has 21 nitrogen and oxygen atoms in total. The van der Waals surface area contributed by atoms with Crippen LogP contribution in [0.3, 0.4) is 0 Å².